The molecule has 0 amide bonds. The molecule has 0 unspecified atom stereocenters. The molecule has 286 valence electrons. The van der Waals surface area contributed by atoms with Gasteiger partial charge in [0, 0.05) is 0 Å². The van der Waals surface area contributed by atoms with E-state index in [2.05, 4.69) is 187 Å². The second-order valence-corrected chi connectivity index (χ2v) is 13.1. The second kappa shape index (κ2) is 37.7. The Hall–Kier alpha value is -3.58. The zero-order valence-electron chi connectivity index (χ0n) is 35.6. The van der Waals surface area contributed by atoms with E-state index in [9.17, 15) is 0 Å². The van der Waals surface area contributed by atoms with Gasteiger partial charge in [-0.1, -0.05) is 204 Å². The van der Waals surface area contributed by atoms with Crippen LogP contribution in [-0.2, 0) is 12.8 Å². The van der Waals surface area contributed by atoms with Gasteiger partial charge in [-0.05, 0) is 110 Å². The number of benzene rings is 3. The van der Waals surface area contributed by atoms with E-state index >= 15 is 0 Å². The lowest BCUT2D eigenvalue weighted by molar-refractivity contribution is 0.717. The molecular formula is C50H81N. The highest BCUT2D eigenvalue weighted by Crippen LogP contribution is 2.28. The van der Waals surface area contributed by atoms with E-state index in [1.165, 1.54) is 115 Å². The van der Waals surface area contributed by atoms with Gasteiger partial charge in [0.2, 0.25) is 0 Å². The monoisotopic (exact) mass is 696 g/mol. The molecule has 1 aliphatic carbocycles. The normalized spacial score (nSPS) is 10.2. The Morgan fingerprint density at radius 1 is 0.647 bits per heavy atom. The summed E-state index contributed by atoms with van der Waals surface area (Å²) in [5, 5.41) is 0. The summed E-state index contributed by atoms with van der Waals surface area (Å²) >= 11 is 0. The molecule has 4 rings (SSSR count). The van der Waals surface area contributed by atoms with Gasteiger partial charge in [0.1, 0.15) is 0 Å². The van der Waals surface area contributed by atoms with Crippen LogP contribution in [0.3, 0.4) is 0 Å². The standard InChI is InChI=1S/C15H16.C13H20.C8H10.3C4H10.C2H5N/c1-11(2)14-9-8-12(3)15(10-14)13-6-4-5-7-13;1-3-5-6-8-13-10-7-9-12(4-2)11-13;1-7-5-3-4-6-8(7)2;3*1-3-4-2;1-2-3/h4-6,8-10H,1,7H2,2-3H3;7,9-11H,3-6,8H2,1-2H3;3-6H,1-2H3;3*3-4H2,1-2H3;2H,1,3H2. The summed E-state index contributed by atoms with van der Waals surface area (Å²) in [5.41, 5.74) is 16.8. The Balaban J connectivity index is -0.000000579. The SMILES string of the molecule is C=C(C)c1ccc(C)c(C2=CC=CC2)c1.C=CN.CCCC.CCCC.CCCC.CCCCCc1cccc(CC)c1.Cc1ccccc1C. The van der Waals surface area contributed by atoms with Crippen LogP contribution in [0, 0.1) is 20.8 Å². The first-order valence-electron chi connectivity index (χ1n) is 20.1. The highest BCUT2D eigenvalue weighted by atomic mass is 14.5. The fraction of sp³-hybridized carbons (Fsp3) is 0.480. The van der Waals surface area contributed by atoms with Crippen molar-refractivity contribution in [3.05, 3.63) is 143 Å². The van der Waals surface area contributed by atoms with E-state index in [0.29, 0.717) is 0 Å². The van der Waals surface area contributed by atoms with Gasteiger partial charge in [-0.3, -0.25) is 0 Å². The van der Waals surface area contributed by atoms with Crippen LogP contribution in [0.1, 0.15) is 165 Å². The van der Waals surface area contributed by atoms with Crippen LogP contribution in [0.2, 0.25) is 0 Å². The summed E-state index contributed by atoms with van der Waals surface area (Å²) in [7, 11) is 0. The predicted octanol–water partition coefficient (Wildman–Crippen LogP) is 16.2. The molecule has 51 heavy (non-hydrogen) atoms. The van der Waals surface area contributed by atoms with Crippen LogP contribution in [-0.4, -0.2) is 0 Å². The molecule has 0 aromatic heterocycles. The van der Waals surface area contributed by atoms with Gasteiger partial charge >= 0.3 is 0 Å². The molecule has 0 radical (unpaired) electrons. The number of aryl methyl sites for hydroxylation is 5. The molecule has 1 heteroatoms. The predicted molar refractivity (Wildman–Crippen MR) is 239 cm³/mol. The zero-order valence-corrected chi connectivity index (χ0v) is 35.6. The number of unbranched alkanes of at least 4 members (excludes halogenated alkanes) is 5. The first kappa shape index (κ1) is 51.8. The first-order valence-corrected chi connectivity index (χ1v) is 20.1. The smallest absolute Gasteiger partial charge is 0.00883 e. The molecule has 0 heterocycles. The Morgan fingerprint density at radius 3 is 1.55 bits per heavy atom. The topological polar surface area (TPSA) is 26.0 Å². The van der Waals surface area contributed by atoms with Gasteiger partial charge in [-0.2, -0.15) is 0 Å². The quantitative estimate of drug-likeness (QED) is 0.210. The highest BCUT2D eigenvalue weighted by Gasteiger charge is 2.07. The molecule has 1 nitrogen and oxygen atoms in total. The maximum atomic E-state index is 4.61. The lowest BCUT2D eigenvalue weighted by atomic mass is 9.95. The molecule has 0 fully saturated rings. The molecule has 0 saturated carbocycles. The summed E-state index contributed by atoms with van der Waals surface area (Å²) in [5.74, 6) is 0. The largest absolute Gasteiger partial charge is 0.405 e. The minimum atomic E-state index is 1.06. The second-order valence-electron chi connectivity index (χ2n) is 13.1. The molecule has 2 N–H and O–H groups in total. The Kier molecular flexibility index (Phi) is 38.3. The van der Waals surface area contributed by atoms with Crippen LogP contribution < -0.4 is 5.73 Å². The summed E-state index contributed by atoms with van der Waals surface area (Å²) < 4.78 is 0. The van der Waals surface area contributed by atoms with Crippen molar-refractivity contribution in [2.24, 2.45) is 5.73 Å². The lowest BCUT2D eigenvalue weighted by Gasteiger charge is -2.09. The third kappa shape index (κ3) is 29.8. The van der Waals surface area contributed by atoms with Crippen molar-refractivity contribution in [1.29, 1.82) is 0 Å². The van der Waals surface area contributed by atoms with E-state index in [0.717, 1.165) is 18.4 Å². The van der Waals surface area contributed by atoms with Crippen molar-refractivity contribution >= 4 is 11.1 Å². The molecular weight excluding hydrogens is 615 g/mol. The molecule has 3 aromatic carbocycles. The first-order chi connectivity index (χ1) is 24.5. The molecule has 0 aliphatic heterocycles. The van der Waals surface area contributed by atoms with Crippen LogP contribution in [0.4, 0.5) is 0 Å². The van der Waals surface area contributed by atoms with Crippen molar-refractivity contribution < 1.29 is 0 Å². The number of allylic oxidation sites excluding steroid dienone is 5. The third-order valence-electron chi connectivity index (χ3n) is 8.24. The fourth-order valence-electron chi connectivity index (χ4n) is 4.13. The van der Waals surface area contributed by atoms with E-state index in [1.54, 1.807) is 0 Å². The number of nitrogens with two attached hydrogens (primary N) is 1. The minimum Gasteiger partial charge on any atom is -0.405 e. The van der Waals surface area contributed by atoms with E-state index < -0.39 is 0 Å². The zero-order chi connectivity index (χ0) is 39.3. The van der Waals surface area contributed by atoms with E-state index in [1.807, 2.05) is 0 Å². The number of hydrogen-bond donors (Lipinski definition) is 1. The third-order valence-corrected chi connectivity index (χ3v) is 8.24. The van der Waals surface area contributed by atoms with Gasteiger partial charge in [-0.25, -0.2) is 0 Å². The van der Waals surface area contributed by atoms with Crippen molar-refractivity contribution in [2.45, 2.75) is 160 Å². The fourth-order valence-corrected chi connectivity index (χ4v) is 4.13. The number of rotatable bonds is 10. The highest BCUT2D eigenvalue weighted by molar-refractivity contribution is 5.76. The average Bonchev–Trinajstić information content (AvgIpc) is 3.69. The summed E-state index contributed by atoms with van der Waals surface area (Å²) in [4.78, 5) is 0. The molecule has 3 aromatic rings. The molecule has 1 aliphatic rings. The van der Waals surface area contributed by atoms with Crippen LogP contribution in [0.15, 0.2) is 104 Å². The van der Waals surface area contributed by atoms with Gasteiger partial charge in [0.05, 0.1) is 0 Å². The van der Waals surface area contributed by atoms with E-state index in [-0.39, 0.29) is 0 Å². The summed E-state index contributed by atoms with van der Waals surface area (Å²) in [6.45, 7) is 33.1. The maximum absolute atomic E-state index is 4.61. The lowest BCUT2D eigenvalue weighted by Crippen LogP contribution is -1.89. The van der Waals surface area contributed by atoms with Gasteiger partial charge in [0.25, 0.3) is 0 Å². The molecule has 0 saturated heterocycles. The van der Waals surface area contributed by atoms with Crippen LogP contribution in [0.5, 0.6) is 0 Å². The van der Waals surface area contributed by atoms with Crippen LogP contribution in [0.25, 0.3) is 11.1 Å². The molecule has 0 bridgehead atoms. The Morgan fingerprint density at radius 2 is 1.16 bits per heavy atom. The van der Waals surface area contributed by atoms with Crippen molar-refractivity contribution in [3.8, 4) is 0 Å². The van der Waals surface area contributed by atoms with Crippen molar-refractivity contribution in [2.75, 3.05) is 0 Å². The molecule has 0 spiro atoms. The summed E-state index contributed by atoms with van der Waals surface area (Å²) in [6, 6.07) is 23.9. The Labute approximate surface area is 319 Å². The van der Waals surface area contributed by atoms with Gasteiger partial charge < -0.3 is 5.73 Å². The Bertz CT molecular complexity index is 1270. The van der Waals surface area contributed by atoms with Crippen molar-refractivity contribution in [3.63, 3.8) is 0 Å². The minimum absolute atomic E-state index is 1.06. The van der Waals surface area contributed by atoms with Gasteiger partial charge in [0.15, 0.2) is 0 Å². The van der Waals surface area contributed by atoms with Gasteiger partial charge in [-0.15, -0.1) is 0 Å². The average molecular weight is 696 g/mol. The molecule has 0 atom stereocenters. The van der Waals surface area contributed by atoms with Crippen molar-refractivity contribution in [1.82, 2.24) is 0 Å². The maximum Gasteiger partial charge on any atom is -0.00883 e. The van der Waals surface area contributed by atoms with Crippen LogP contribution >= 0.6 is 0 Å². The summed E-state index contributed by atoms with van der Waals surface area (Å²) in [6.07, 6.45) is 23.2. The number of hydrogen-bond acceptors (Lipinski definition) is 1. The van der Waals surface area contributed by atoms with E-state index in [4.69, 9.17) is 0 Å².